The van der Waals surface area contributed by atoms with Crippen LogP contribution in [0.5, 0.6) is 0 Å². The number of nitrogens with zero attached hydrogens (tertiary/aromatic N) is 1. The van der Waals surface area contributed by atoms with Crippen molar-refractivity contribution in [1.82, 2.24) is 0 Å². The van der Waals surface area contributed by atoms with E-state index in [0.29, 0.717) is 0 Å². The smallest absolute Gasteiger partial charge is 0.143 e. The highest BCUT2D eigenvalue weighted by molar-refractivity contribution is 6.10. The van der Waals surface area contributed by atoms with Gasteiger partial charge in [-0.05, 0) is 82.6 Å². The van der Waals surface area contributed by atoms with Crippen molar-refractivity contribution in [3.05, 3.63) is 186 Å². The molecule has 0 radical (unpaired) electrons. The number of furan rings is 1. The van der Waals surface area contributed by atoms with Crippen LogP contribution in [0.25, 0.3) is 44.2 Å². The summed E-state index contributed by atoms with van der Waals surface area (Å²) in [6.45, 7) is 4.73. The van der Waals surface area contributed by atoms with Crippen LogP contribution >= 0.6 is 0 Å². The van der Waals surface area contributed by atoms with E-state index in [-0.39, 0.29) is 5.41 Å². The lowest BCUT2D eigenvalue weighted by Crippen LogP contribution is -2.17. The molecule has 0 saturated carbocycles. The lowest BCUT2D eigenvalue weighted by Gasteiger charge is -2.30. The van der Waals surface area contributed by atoms with Gasteiger partial charge in [-0.25, -0.2) is 0 Å². The van der Waals surface area contributed by atoms with Crippen LogP contribution in [0.3, 0.4) is 0 Å². The molecule has 3 aliphatic carbocycles. The molecule has 6 aromatic rings. The number of benzene rings is 5. The molecule has 0 N–H and O–H groups in total. The Labute approximate surface area is 288 Å². The van der Waals surface area contributed by atoms with E-state index in [2.05, 4.69) is 183 Å². The minimum atomic E-state index is -0.129. The van der Waals surface area contributed by atoms with E-state index in [0.717, 1.165) is 57.4 Å². The Bertz CT molecular complexity index is 2460. The number of hydrogen-bond donors (Lipinski definition) is 0. The monoisotopic (exact) mass is 631 g/mol. The lowest BCUT2D eigenvalue weighted by atomic mass is 9.82. The fourth-order valence-corrected chi connectivity index (χ4v) is 7.91. The van der Waals surface area contributed by atoms with Crippen LogP contribution in [-0.2, 0) is 5.41 Å². The zero-order valence-corrected chi connectivity index (χ0v) is 27.9. The highest BCUT2D eigenvalue weighted by Crippen LogP contribution is 2.53. The third-order valence-electron chi connectivity index (χ3n) is 10.3. The van der Waals surface area contributed by atoms with Crippen molar-refractivity contribution in [3.8, 4) is 11.1 Å². The maximum absolute atomic E-state index is 6.64. The summed E-state index contributed by atoms with van der Waals surface area (Å²) in [4.78, 5) is 2.46. The van der Waals surface area contributed by atoms with Crippen LogP contribution in [0.2, 0.25) is 0 Å². The van der Waals surface area contributed by atoms with Crippen LogP contribution in [0.1, 0.15) is 43.4 Å². The maximum Gasteiger partial charge on any atom is 0.143 e. The van der Waals surface area contributed by atoms with Gasteiger partial charge in [0, 0.05) is 38.7 Å². The molecule has 0 bridgehead atoms. The van der Waals surface area contributed by atoms with E-state index < -0.39 is 0 Å². The Hall–Kier alpha value is -5.86. The number of hydrogen-bond acceptors (Lipinski definition) is 2. The lowest BCUT2D eigenvalue weighted by molar-refractivity contribution is 0.661. The van der Waals surface area contributed by atoms with Crippen molar-refractivity contribution in [2.45, 2.75) is 32.1 Å². The summed E-state index contributed by atoms with van der Waals surface area (Å²) < 4.78 is 6.64. The summed E-state index contributed by atoms with van der Waals surface area (Å²) in [5, 5.41) is 2.24. The Morgan fingerprint density at radius 1 is 0.633 bits per heavy atom. The molecule has 1 aromatic heterocycles. The van der Waals surface area contributed by atoms with Gasteiger partial charge in [-0.2, -0.15) is 0 Å². The maximum atomic E-state index is 6.64. The summed E-state index contributed by atoms with van der Waals surface area (Å²) in [5.74, 6) is 0. The van der Waals surface area contributed by atoms with Crippen molar-refractivity contribution < 1.29 is 4.42 Å². The summed E-state index contributed by atoms with van der Waals surface area (Å²) in [6.07, 6.45) is 21.7. The van der Waals surface area contributed by atoms with E-state index in [4.69, 9.17) is 4.42 Å². The highest BCUT2D eigenvalue weighted by Gasteiger charge is 2.38. The molecule has 0 amide bonds. The third kappa shape index (κ3) is 4.86. The number of anilines is 3. The zero-order valence-electron chi connectivity index (χ0n) is 27.9. The van der Waals surface area contributed by atoms with E-state index >= 15 is 0 Å². The Morgan fingerprint density at radius 3 is 2.39 bits per heavy atom. The van der Waals surface area contributed by atoms with Crippen LogP contribution in [0.4, 0.5) is 17.1 Å². The molecule has 9 rings (SSSR count). The second-order valence-corrected chi connectivity index (χ2v) is 13.6. The molecular formula is C47H37NO. The standard InChI is InChI=1S/C47H37NO/c1-47(2)42-24-12-6-11-22-37(42)38-28-27-34(31-43(38)47)48(44-25-15-13-21-36(44)32-17-9-5-10-18-32)35-29-40(33-19-7-3-4-8-20-33)46-41(30-35)39-23-14-16-26-45(39)49-46/h3-10,12-19,21-31H,11,20H2,1-2H3. The minimum Gasteiger partial charge on any atom is -0.455 e. The van der Waals surface area contributed by atoms with Gasteiger partial charge in [0.1, 0.15) is 11.2 Å². The molecule has 0 spiro atoms. The quantitative estimate of drug-likeness (QED) is 0.188. The van der Waals surface area contributed by atoms with Crippen molar-refractivity contribution >= 4 is 50.1 Å². The van der Waals surface area contributed by atoms with Crippen molar-refractivity contribution in [2.75, 3.05) is 4.90 Å². The number of allylic oxidation sites excluding steroid dienone is 12. The SMILES string of the molecule is CC1(C)C2=CC=CCC=C2c2ccc(N(c3cc(C4=CC=CC=CC4)c4oc5ccccc5c4c3)c3ccccc3-c3ccccc3)cc21. The van der Waals surface area contributed by atoms with Crippen molar-refractivity contribution in [2.24, 2.45) is 0 Å². The molecule has 3 aliphatic rings. The van der Waals surface area contributed by atoms with E-state index in [1.165, 1.54) is 39.0 Å². The molecular weight excluding hydrogens is 595 g/mol. The highest BCUT2D eigenvalue weighted by atomic mass is 16.3. The molecule has 0 atom stereocenters. The van der Waals surface area contributed by atoms with Gasteiger partial charge in [0.05, 0.1) is 5.69 Å². The molecule has 2 nitrogen and oxygen atoms in total. The summed E-state index contributed by atoms with van der Waals surface area (Å²) in [5.41, 5.74) is 15.2. The van der Waals surface area contributed by atoms with E-state index in [9.17, 15) is 0 Å². The van der Waals surface area contributed by atoms with Gasteiger partial charge in [-0.15, -0.1) is 0 Å². The topological polar surface area (TPSA) is 16.4 Å². The average molecular weight is 632 g/mol. The third-order valence-corrected chi connectivity index (χ3v) is 10.3. The first kappa shape index (κ1) is 29.3. The second kappa shape index (κ2) is 11.7. The summed E-state index contributed by atoms with van der Waals surface area (Å²) in [7, 11) is 0. The first-order chi connectivity index (χ1) is 24.1. The van der Waals surface area contributed by atoms with Crippen LogP contribution < -0.4 is 4.90 Å². The molecule has 2 heteroatoms. The molecule has 1 heterocycles. The largest absolute Gasteiger partial charge is 0.455 e. The first-order valence-corrected chi connectivity index (χ1v) is 17.2. The Morgan fingerprint density at radius 2 is 1.47 bits per heavy atom. The van der Waals surface area contributed by atoms with Gasteiger partial charge < -0.3 is 9.32 Å². The fourth-order valence-electron chi connectivity index (χ4n) is 7.91. The normalized spacial score (nSPS) is 16.1. The number of fused-ring (bicyclic) bond motifs is 6. The molecule has 0 unspecified atom stereocenters. The van der Waals surface area contributed by atoms with Crippen LogP contribution in [0.15, 0.2) is 174 Å². The number of rotatable bonds is 5. The summed E-state index contributed by atoms with van der Waals surface area (Å²) in [6, 6.07) is 39.7. The fraction of sp³-hybridized carbons (Fsp3) is 0.106. The molecule has 49 heavy (non-hydrogen) atoms. The molecule has 0 aliphatic heterocycles. The minimum absolute atomic E-state index is 0.129. The van der Waals surface area contributed by atoms with Gasteiger partial charge in [0.15, 0.2) is 0 Å². The van der Waals surface area contributed by atoms with Crippen molar-refractivity contribution in [3.63, 3.8) is 0 Å². The summed E-state index contributed by atoms with van der Waals surface area (Å²) >= 11 is 0. The molecule has 0 saturated heterocycles. The molecule has 236 valence electrons. The van der Waals surface area contributed by atoms with Crippen molar-refractivity contribution in [1.29, 1.82) is 0 Å². The zero-order chi connectivity index (χ0) is 33.0. The van der Waals surface area contributed by atoms with Gasteiger partial charge in [-0.3, -0.25) is 0 Å². The van der Waals surface area contributed by atoms with E-state index in [1.807, 2.05) is 0 Å². The van der Waals surface area contributed by atoms with Gasteiger partial charge in [-0.1, -0.05) is 141 Å². The predicted octanol–water partition coefficient (Wildman–Crippen LogP) is 13.2. The van der Waals surface area contributed by atoms with Crippen LogP contribution in [0, 0.1) is 0 Å². The van der Waals surface area contributed by atoms with E-state index in [1.54, 1.807) is 0 Å². The predicted molar refractivity (Wildman–Crippen MR) is 208 cm³/mol. The molecule has 5 aromatic carbocycles. The first-order valence-electron chi connectivity index (χ1n) is 17.2. The average Bonchev–Trinajstić information content (AvgIpc) is 3.33. The Balaban J connectivity index is 1.34. The van der Waals surface area contributed by atoms with Gasteiger partial charge in [0.2, 0.25) is 0 Å². The second-order valence-electron chi connectivity index (χ2n) is 13.6. The van der Waals surface area contributed by atoms with Crippen LogP contribution in [-0.4, -0.2) is 0 Å². The Kier molecular flexibility index (Phi) is 6.98. The number of para-hydroxylation sites is 2. The van der Waals surface area contributed by atoms with Gasteiger partial charge in [0.25, 0.3) is 0 Å². The molecule has 0 fully saturated rings. The van der Waals surface area contributed by atoms with Gasteiger partial charge >= 0.3 is 0 Å².